The van der Waals surface area contributed by atoms with Crippen molar-refractivity contribution in [3.63, 3.8) is 0 Å². The first-order valence-corrected chi connectivity index (χ1v) is 18.0. The van der Waals surface area contributed by atoms with Gasteiger partial charge in [-0.25, -0.2) is 0 Å². The van der Waals surface area contributed by atoms with Crippen LogP contribution in [0.3, 0.4) is 0 Å². The second-order valence-corrected chi connectivity index (χ2v) is 13.9. The number of para-hydroxylation sites is 1. The average molecular weight is 661 g/mol. The quantitative estimate of drug-likeness (QED) is 0.184. The normalized spacial score (nSPS) is 14.8. The molecule has 11 rings (SSSR count). The van der Waals surface area contributed by atoms with E-state index in [1.165, 1.54) is 94.3 Å². The summed E-state index contributed by atoms with van der Waals surface area (Å²) >= 11 is 0. The highest BCUT2D eigenvalue weighted by Gasteiger charge is 2.30. The van der Waals surface area contributed by atoms with Crippen LogP contribution in [-0.4, -0.2) is 9.55 Å². The minimum absolute atomic E-state index is 0.160. The zero-order valence-corrected chi connectivity index (χ0v) is 28.4. The van der Waals surface area contributed by atoms with E-state index in [0.29, 0.717) is 0 Å². The van der Waals surface area contributed by atoms with Gasteiger partial charge in [0.2, 0.25) is 0 Å². The molecule has 0 N–H and O–H groups in total. The van der Waals surface area contributed by atoms with Crippen LogP contribution in [0.15, 0.2) is 182 Å². The molecule has 52 heavy (non-hydrogen) atoms. The second kappa shape index (κ2) is 11.4. The lowest BCUT2D eigenvalue weighted by Crippen LogP contribution is -2.01. The summed E-state index contributed by atoms with van der Waals surface area (Å²) in [5.41, 5.74) is 19.8. The molecule has 9 aromatic rings. The fraction of sp³-hybridized carbons (Fsp3) is 0.0200. The SMILES string of the molecule is C(=C1/c2ccccc2-c2cccnc21)/c1ccc2c(c1)c1ccccc1n2-c1cccc(C2c3ccccc3-c3cc(-c4ccccc4)ccc32)c1. The summed E-state index contributed by atoms with van der Waals surface area (Å²) in [6.45, 7) is 0. The van der Waals surface area contributed by atoms with Crippen molar-refractivity contribution in [2.24, 2.45) is 0 Å². The maximum absolute atomic E-state index is 4.82. The maximum Gasteiger partial charge on any atom is 0.0786 e. The Bertz CT molecular complexity index is 2860. The van der Waals surface area contributed by atoms with Crippen molar-refractivity contribution in [2.45, 2.75) is 5.92 Å². The van der Waals surface area contributed by atoms with E-state index in [4.69, 9.17) is 4.98 Å². The number of hydrogen-bond acceptors (Lipinski definition) is 1. The van der Waals surface area contributed by atoms with Crippen LogP contribution in [0.4, 0.5) is 0 Å². The van der Waals surface area contributed by atoms with Crippen LogP contribution in [0.2, 0.25) is 0 Å². The monoisotopic (exact) mass is 660 g/mol. The van der Waals surface area contributed by atoms with Gasteiger partial charge in [0.05, 0.1) is 16.7 Å². The first-order chi connectivity index (χ1) is 25.8. The molecule has 0 amide bonds. The van der Waals surface area contributed by atoms with Crippen molar-refractivity contribution in [3.8, 4) is 39.1 Å². The van der Waals surface area contributed by atoms with Crippen molar-refractivity contribution in [1.29, 1.82) is 0 Å². The highest BCUT2D eigenvalue weighted by atomic mass is 15.0. The van der Waals surface area contributed by atoms with Gasteiger partial charge in [0, 0.05) is 39.7 Å². The van der Waals surface area contributed by atoms with Gasteiger partial charge in [-0.2, -0.15) is 0 Å². The minimum Gasteiger partial charge on any atom is -0.309 e. The summed E-state index contributed by atoms with van der Waals surface area (Å²) in [4.78, 5) is 4.82. The van der Waals surface area contributed by atoms with Crippen LogP contribution < -0.4 is 0 Å². The van der Waals surface area contributed by atoms with Gasteiger partial charge in [0.15, 0.2) is 0 Å². The van der Waals surface area contributed by atoms with Crippen molar-refractivity contribution in [3.05, 3.63) is 216 Å². The Balaban J connectivity index is 1.05. The molecular weight excluding hydrogens is 629 g/mol. The molecule has 1 atom stereocenters. The summed E-state index contributed by atoms with van der Waals surface area (Å²) in [6.07, 6.45) is 4.20. The van der Waals surface area contributed by atoms with Gasteiger partial charge in [0.25, 0.3) is 0 Å². The molecule has 2 heteroatoms. The second-order valence-electron chi connectivity index (χ2n) is 13.9. The predicted molar refractivity (Wildman–Crippen MR) is 216 cm³/mol. The Morgan fingerprint density at radius 3 is 2.13 bits per heavy atom. The molecule has 2 aliphatic rings. The van der Waals surface area contributed by atoms with E-state index in [9.17, 15) is 0 Å². The zero-order chi connectivity index (χ0) is 34.2. The molecule has 0 fully saturated rings. The van der Waals surface area contributed by atoms with Gasteiger partial charge in [-0.05, 0) is 104 Å². The Hall–Kier alpha value is -6.77. The number of rotatable bonds is 4. The lowest BCUT2D eigenvalue weighted by Gasteiger charge is -2.17. The van der Waals surface area contributed by atoms with Crippen LogP contribution in [0.5, 0.6) is 0 Å². The zero-order valence-electron chi connectivity index (χ0n) is 28.4. The molecule has 1 unspecified atom stereocenters. The van der Waals surface area contributed by atoms with Crippen LogP contribution in [0.25, 0.3) is 72.5 Å². The smallest absolute Gasteiger partial charge is 0.0786 e. The number of aromatic nitrogens is 2. The highest BCUT2D eigenvalue weighted by molar-refractivity contribution is 6.11. The summed E-state index contributed by atoms with van der Waals surface area (Å²) in [6, 6.07) is 64.4. The average Bonchev–Trinajstić information content (AvgIpc) is 3.84. The molecular formula is C50H32N2. The first-order valence-electron chi connectivity index (χ1n) is 18.0. The van der Waals surface area contributed by atoms with Crippen molar-refractivity contribution in [2.75, 3.05) is 0 Å². The number of pyridine rings is 1. The van der Waals surface area contributed by atoms with Crippen molar-refractivity contribution >= 4 is 33.5 Å². The molecule has 0 aliphatic heterocycles. The third-order valence-corrected chi connectivity index (χ3v) is 11.1. The van der Waals surface area contributed by atoms with Gasteiger partial charge < -0.3 is 4.57 Å². The molecule has 2 aliphatic carbocycles. The van der Waals surface area contributed by atoms with E-state index in [2.05, 4.69) is 181 Å². The molecule has 0 saturated carbocycles. The molecule has 2 nitrogen and oxygen atoms in total. The number of benzene rings is 7. The lowest BCUT2D eigenvalue weighted by molar-refractivity contribution is 1.01. The van der Waals surface area contributed by atoms with Crippen molar-refractivity contribution in [1.82, 2.24) is 9.55 Å². The molecule has 7 aromatic carbocycles. The summed E-state index contributed by atoms with van der Waals surface area (Å²) in [5, 5.41) is 2.49. The molecule has 0 radical (unpaired) electrons. The molecule has 2 aromatic heterocycles. The van der Waals surface area contributed by atoms with Gasteiger partial charge in [-0.3, -0.25) is 4.98 Å². The minimum atomic E-state index is 0.160. The van der Waals surface area contributed by atoms with E-state index < -0.39 is 0 Å². The van der Waals surface area contributed by atoms with E-state index in [0.717, 1.165) is 5.69 Å². The first kappa shape index (κ1) is 29.0. The van der Waals surface area contributed by atoms with Crippen LogP contribution in [0.1, 0.15) is 39.4 Å². The number of nitrogens with zero attached hydrogens (tertiary/aromatic N) is 2. The fourth-order valence-corrected chi connectivity index (χ4v) is 8.80. The van der Waals surface area contributed by atoms with Gasteiger partial charge in [-0.1, -0.05) is 133 Å². The van der Waals surface area contributed by atoms with Gasteiger partial charge >= 0.3 is 0 Å². The summed E-state index contributed by atoms with van der Waals surface area (Å²) in [7, 11) is 0. The fourth-order valence-electron chi connectivity index (χ4n) is 8.80. The Morgan fingerprint density at radius 1 is 0.462 bits per heavy atom. The lowest BCUT2D eigenvalue weighted by atomic mass is 9.88. The predicted octanol–water partition coefficient (Wildman–Crippen LogP) is 12.6. The molecule has 0 spiro atoms. The third-order valence-electron chi connectivity index (χ3n) is 11.1. The summed E-state index contributed by atoms with van der Waals surface area (Å²) in [5.74, 6) is 0.160. The highest BCUT2D eigenvalue weighted by Crippen LogP contribution is 2.50. The van der Waals surface area contributed by atoms with Gasteiger partial charge in [0.1, 0.15) is 0 Å². The van der Waals surface area contributed by atoms with Crippen molar-refractivity contribution < 1.29 is 0 Å². The van der Waals surface area contributed by atoms with E-state index in [-0.39, 0.29) is 5.92 Å². The van der Waals surface area contributed by atoms with Crippen LogP contribution >= 0.6 is 0 Å². The molecule has 0 saturated heterocycles. The molecule has 242 valence electrons. The maximum atomic E-state index is 4.82. The standard InChI is InChI=1S/C50H32N2/c1-2-12-33(13-3-1)34-24-25-42-44(31-34)39-18-6-7-20-41(39)49(42)35-14-10-15-36(30-35)52-47-22-9-8-19-40(47)45-28-32(23-26-48(45)52)29-46-38-17-5-4-16-37(38)43-21-11-27-51-50(43)46/h1-31,49H/b46-29+. The van der Waals surface area contributed by atoms with Crippen LogP contribution in [0, 0.1) is 0 Å². The van der Waals surface area contributed by atoms with E-state index >= 15 is 0 Å². The Kier molecular flexibility index (Phi) is 6.35. The largest absolute Gasteiger partial charge is 0.309 e. The van der Waals surface area contributed by atoms with Gasteiger partial charge in [-0.15, -0.1) is 0 Å². The topological polar surface area (TPSA) is 17.8 Å². The molecule has 0 bridgehead atoms. The van der Waals surface area contributed by atoms with E-state index in [1.54, 1.807) is 0 Å². The number of fused-ring (bicyclic) bond motifs is 9. The summed E-state index contributed by atoms with van der Waals surface area (Å²) < 4.78 is 2.44. The Labute approximate surface area is 302 Å². The Morgan fingerprint density at radius 2 is 1.21 bits per heavy atom. The van der Waals surface area contributed by atoms with Crippen LogP contribution in [-0.2, 0) is 0 Å². The molecule has 2 heterocycles. The van der Waals surface area contributed by atoms with E-state index in [1.807, 2.05) is 12.3 Å². The third kappa shape index (κ3) is 4.34. The number of hydrogen-bond donors (Lipinski definition) is 0.